The van der Waals surface area contributed by atoms with Crippen LogP contribution in [0.15, 0.2) is 30.3 Å². The number of hydrogen-bond donors (Lipinski definition) is 2. The third-order valence-electron chi connectivity index (χ3n) is 5.39. The summed E-state index contributed by atoms with van der Waals surface area (Å²) in [5.41, 5.74) is 1.25. The Labute approximate surface area is 158 Å². The molecule has 0 unspecified atom stereocenters. The number of rotatable bonds is 4. The minimum absolute atomic E-state index is 0.125. The van der Waals surface area contributed by atoms with E-state index >= 15 is 0 Å². The van der Waals surface area contributed by atoms with Crippen molar-refractivity contribution in [2.45, 2.75) is 39.7 Å². The summed E-state index contributed by atoms with van der Waals surface area (Å²) in [5, 5.41) is 15.4. The molecule has 0 aliphatic carbocycles. The lowest BCUT2D eigenvalue weighted by Gasteiger charge is -2.36. The Hall–Kier alpha value is -1.92. The van der Waals surface area contributed by atoms with E-state index in [9.17, 15) is 5.11 Å². The molecule has 138 valence electrons. The summed E-state index contributed by atoms with van der Waals surface area (Å²) in [6.45, 7) is 8.96. The Morgan fingerprint density at radius 3 is 2.54 bits per heavy atom. The number of fused-ring (bicyclic) bond motifs is 1. The molecular weight excluding hydrogens is 344 g/mol. The zero-order valence-corrected chi connectivity index (χ0v) is 16.5. The minimum Gasteiger partial charge on any atom is -0.492 e. The SMILES string of the molecule is CCc1nc2sc([C@@H](c3ccccc3)[NH+]3C[C@@H](C)C[C@H](C)C3)c(O)n2n1. The second-order valence-corrected chi connectivity index (χ2v) is 8.73. The third-order valence-corrected chi connectivity index (χ3v) is 6.47. The maximum Gasteiger partial charge on any atom is 0.235 e. The topological polar surface area (TPSA) is 54.9 Å². The van der Waals surface area contributed by atoms with Gasteiger partial charge in [-0.2, -0.15) is 4.52 Å². The number of likely N-dealkylation sites (tertiary alicyclic amines) is 1. The summed E-state index contributed by atoms with van der Waals surface area (Å²) in [7, 11) is 0. The molecule has 0 bridgehead atoms. The van der Waals surface area contributed by atoms with Gasteiger partial charge in [0.2, 0.25) is 10.8 Å². The number of piperidine rings is 1. The summed E-state index contributed by atoms with van der Waals surface area (Å²) in [4.78, 5) is 7.85. The number of quaternary nitrogens is 1. The van der Waals surface area contributed by atoms with Gasteiger partial charge in [0.05, 0.1) is 13.1 Å². The average molecular weight is 372 g/mol. The van der Waals surface area contributed by atoms with Gasteiger partial charge in [0, 0.05) is 23.8 Å². The van der Waals surface area contributed by atoms with Crippen LogP contribution >= 0.6 is 11.3 Å². The Morgan fingerprint density at radius 1 is 1.23 bits per heavy atom. The van der Waals surface area contributed by atoms with E-state index in [1.807, 2.05) is 13.0 Å². The van der Waals surface area contributed by atoms with Gasteiger partial charge in [0.15, 0.2) is 11.9 Å². The van der Waals surface area contributed by atoms with Crippen molar-refractivity contribution < 1.29 is 10.0 Å². The van der Waals surface area contributed by atoms with Gasteiger partial charge in [-0.1, -0.05) is 62.4 Å². The molecule has 2 aromatic heterocycles. The predicted octanol–water partition coefficient (Wildman–Crippen LogP) is 2.71. The fraction of sp³-hybridized carbons (Fsp3) is 0.500. The van der Waals surface area contributed by atoms with Gasteiger partial charge in [-0.25, -0.2) is 4.98 Å². The van der Waals surface area contributed by atoms with Gasteiger partial charge < -0.3 is 10.0 Å². The van der Waals surface area contributed by atoms with Gasteiger partial charge in [0.25, 0.3) is 0 Å². The highest BCUT2D eigenvalue weighted by atomic mass is 32.1. The molecule has 0 radical (unpaired) electrons. The van der Waals surface area contributed by atoms with Gasteiger partial charge in [-0.3, -0.25) is 0 Å². The van der Waals surface area contributed by atoms with Crippen molar-refractivity contribution in [1.82, 2.24) is 14.6 Å². The van der Waals surface area contributed by atoms with Crippen LogP contribution in [-0.2, 0) is 6.42 Å². The lowest BCUT2D eigenvalue weighted by molar-refractivity contribution is -0.936. The van der Waals surface area contributed by atoms with Crippen molar-refractivity contribution in [3.8, 4) is 5.88 Å². The highest BCUT2D eigenvalue weighted by molar-refractivity contribution is 7.17. The quantitative estimate of drug-likeness (QED) is 0.741. The Morgan fingerprint density at radius 2 is 1.92 bits per heavy atom. The number of nitrogens with one attached hydrogen (secondary N) is 1. The minimum atomic E-state index is 0.125. The summed E-state index contributed by atoms with van der Waals surface area (Å²) in [6, 6.07) is 10.7. The average Bonchev–Trinajstić information content (AvgIpc) is 3.15. The van der Waals surface area contributed by atoms with E-state index in [0.717, 1.165) is 35.2 Å². The smallest absolute Gasteiger partial charge is 0.235 e. The summed E-state index contributed by atoms with van der Waals surface area (Å²) >= 11 is 1.58. The molecule has 5 nitrogen and oxygen atoms in total. The Kier molecular flexibility index (Phi) is 4.71. The normalized spacial score (nSPS) is 24.8. The first-order chi connectivity index (χ1) is 12.6. The molecule has 26 heavy (non-hydrogen) atoms. The largest absolute Gasteiger partial charge is 0.492 e. The van der Waals surface area contributed by atoms with Crippen LogP contribution in [0, 0.1) is 11.8 Å². The van der Waals surface area contributed by atoms with Crippen molar-refractivity contribution in [1.29, 1.82) is 0 Å². The summed E-state index contributed by atoms with van der Waals surface area (Å²) < 4.78 is 1.62. The van der Waals surface area contributed by atoms with Crippen LogP contribution in [0.4, 0.5) is 0 Å². The van der Waals surface area contributed by atoms with E-state index < -0.39 is 0 Å². The number of aryl methyl sites for hydroxylation is 1. The number of aromatic hydroxyl groups is 1. The van der Waals surface area contributed by atoms with Gasteiger partial charge in [0.1, 0.15) is 4.88 Å². The van der Waals surface area contributed by atoms with Crippen LogP contribution < -0.4 is 4.90 Å². The number of aromatic nitrogens is 3. The third kappa shape index (κ3) is 3.12. The highest BCUT2D eigenvalue weighted by Gasteiger charge is 2.36. The molecule has 0 amide bonds. The molecule has 1 aliphatic heterocycles. The molecule has 0 spiro atoms. The van der Waals surface area contributed by atoms with Gasteiger partial charge >= 0.3 is 0 Å². The Bertz CT molecular complexity index is 878. The predicted molar refractivity (Wildman–Crippen MR) is 104 cm³/mol. The van der Waals surface area contributed by atoms with Crippen LogP contribution in [0.3, 0.4) is 0 Å². The van der Waals surface area contributed by atoms with Crippen molar-refractivity contribution in [2.24, 2.45) is 11.8 Å². The molecular formula is C20H27N4OS+. The molecule has 1 aromatic carbocycles. The van der Waals surface area contributed by atoms with Crippen molar-refractivity contribution >= 4 is 16.3 Å². The van der Waals surface area contributed by atoms with Gasteiger partial charge in [-0.15, -0.1) is 5.10 Å². The van der Waals surface area contributed by atoms with Crippen LogP contribution in [-0.4, -0.2) is 32.8 Å². The molecule has 4 rings (SSSR count). The zero-order chi connectivity index (χ0) is 18.3. The zero-order valence-electron chi connectivity index (χ0n) is 15.6. The summed E-state index contributed by atoms with van der Waals surface area (Å²) in [6.07, 6.45) is 2.06. The second-order valence-electron chi connectivity index (χ2n) is 7.72. The lowest BCUT2D eigenvalue weighted by atomic mass is 9.89. The van der Waals surface area contributed by atoms with E-state index in [1.165, 1.54) is 16.9 Å². The van der Waals surface area contributed by atoms with E-state index in [2.05, 4.69) is 48.2 Å². The van der Waals surface area contributed by atoms with Crippen molar-refractivity contribution in [2.75, 3.05) is 13.1 Å². The molecule has 1 fully saturated rings. The maximum atomic E-state index is 11.0. The van der Waals surface area contributed by atoms with E-state index in [-0.39, 0.29) is 11.9 Å². The number of benzene rings is 1. The number of nitrogens with zero attached hydrogens (tertiary/aromatic N) is 3. The molecule has 2 N–H and O–H groups in total. The van der Waals surface area contributed by atoms with Crippen molar-refractivity contribution in [3.05, 3.63) is 46.6 Å². The molecule has 3 aromatic rings. The van der Waals surface area contributed by atoms with E-state index in [1.54, 1.807) is 15.9 Å². The van der Waals surface area contributed by atoms with Crippen LogP contribution in [0.1, 0.15) is 49.5 Å². The fourth-order valence-corrected chi connectivity index (χ4v) is 5.57. The van der Waals surface area contributed by atoms with E-state index in [4.69, 9.17) is 0 Å². The second kappa shape index (κ2) is 7.00. The maximum absolute atomic E-state index is 11.0. The first-order valence-electron chi connectivity index (χ1n) is 9.53. The van der Waals surface area contributed by atoms with Crippen LogP contribution in [0.5, 0.6) is 5.88 Å². The highest BCUT2D eigenvalue weighted by Crippen LogP contribution is 2.35. The van der Waals surface area contributed by atoms with Crippen LogP contribution in [0.25, 0.3) is 4.96 Å². The molecule has 1 aliphatic rings. The number of hydrogen-bond acceptors (Lipinski definition) is 4. The van der Waals surface area contributed by atoms with Crippen molar-refractivity contribution in [3.63, 3.8) is 0 Å². The van der Waals surface area contributed by atoms with Gasteiger partial charge in [-0.05, 0) is 6.42 Å². The molecule has 0 saturated carbocycles. The lowest BCUT2D eigenvalue weighted by Crippen LogP contribution is -3.14. The standard InChI is InChI=1S/C20H26N4OS/c1-4-16-21-20-24(22-16)19(25)18(26-20)17(15-8-6-5-7-9-15)23-11-13(2)10-14(3)12-23/h5-9,13-14,17,25H,4,10-12H2,1-3H3/p+1/t13-,14-,17+/m0/s1. The molecule has 1 saturated heterocycles. The van der Waals surface area contributed by atoms with Crippen LogP contribution in [0.2, 0.25) is 0 Å². The Balaban J connectivity index is 1.80. The first-order valence-corrected chi connectivity index (χ1v) is 10.3. The fourth-order valence-electron chi connectivity index (χ4n) is 4.41. The summed E-state index contributed by atoms with van der Waals surface area (Å²) in [5.74, 6) is 2.42. The molecule has 3 atom stereocenters. The molecule has 6 heteroatoms. The van der Waals surface area contributed by atoms with E-state index in [0.29, 0.717) is 11.8 Å². The first kappa shape index (κ1) is 17.5. The monoisotopic (exact) mass is 371 g/mol. The molecule has 3 heterocycles. The number of thiazole rings is 1.